The molecule has 0 saturated carbocycles. The van der Waals surface area contributed by atoms with Crippen LogP contribution in [0.1, 0.15) is 30.0 Å². The molecule has 0 aliphatic rings. The number of imidazole rings is 1. The normalized spacial score (nSPS) is 11.3. The zero-order valence-electron chi connectivity index (χ0n) is 9.64. The number of aromatic nitrogens is 2. The number of aromatic carboxylic acids is 1. The molecule has 2 heterocycles. The van der Waals surface area contributed by atoms with Crippen molar-refractivity contribution in [1.82, 2.24) is 9.38 Å². The van der Waals surface area contributed by atoms with Crippen molar-refractivity contribution in [2.45, 2.75) is 20.3 Å². The molecule has 0 amide bonds. The van der Waals surface area contributed by atoms with Crippen molar-refractivity contribution in [2.75, 3.05) is 0 Å². The fraction of sp³-hybridized carbons (Fsp3) is 0.333. The third kappa shape index (κ3) is 2.26. The van der Waals surface area contributed by atoms with E-state index in [9.17, 15) is 9.90 Å². The number of nitrogens with zero attached hydrogens (tertiary/aromatic N) is 2. The molecule has 0 atom stereocenters. The monoisotopic (exact) mass is 252 g/mol. The maximum absolute atomic E-state index is 11.3. The summed E-state index contributed by atoms with van der Waals surface area (Å²) in [5, 5.41) is 9.79. The summed E-state index contributed by atoms with van der Waals surface area (Å²) in [6.07, 6.45) is 2.28. The first-order chi connectivity index (χ1) is 7.99. The van der Waals surface area contributed by atoms with E-state index in [0.29, 0.717) is 28.7 Å². The standard InChI is InChI=1S/C12H13ClN2O2/c1-7(2)5-9-11(12(16)17)15-4-3-8(13)6-10(15)14-9/h3-4,6-7H,5H2,1-2H3,(H,16,17). The molecule has 90 valence electrons. The van der Waals surface area contributed by atoms with Gasteiger partial charge in [0.25, 0.3) is 0 Å². The van der Waals surface area contributed by atoms with Crippen LogP contribution in [0.4, 0.5) is 0 Å². The van der Waals surface area contributed by atoms with E-state index in [0.717, 1.165) is 0 Å². The van der Waals surface area contributed by atoms with Crippen LogP contribution in [0.5, 0.6) is 0 Å². The summed E-state index contributed by atoms with van der Waals surface area (Å²) in [6.45, 7) is 4.06. The minimum absolute atomic E-state index is 0.227. The van der Waals surface area contributed by atoms with E-state index in [1.54, 1.807) is 22.7 Å². The molecular weight excluding hydrogens is 240 g/mol. The highest BCUT2D eigenvalue weighted by atomic mass is 35.5. The molecule has 0 bridgehead atoms. The molecule has 0 unspecified atom stereocenters. The molecule has 0 fully saturated rings. The van der Waals surface area contributed by atoms with Gasteiger partial charge in [-0.2, -0.15) is 0 Å². The van der Waals surface area contributed by atoms with Gasteiger partial charge in [0.05, 0.1) is 5.69 Å². The number of hydrogen-bond donors (Lipinski definition) is 1. The molecule has 4 nitrogen and oxygen atoms in total. The molecule has 1 N–H and O–H groups in total. The Bertz CT molecular complexity index is 575. The van der Waals surface area contributed by atoms with E-state index in [1.165, 1.54) is 0 Å². The second-order valence-electron chi connectivity index (χ2n) is 4.38. The SMILES string of the molecule is CC(C)Cc1nc2cc(Cl)ccn2c1C(=O)O. The van der Waals surface area contributed by atoms with Crippen LogP contribution in [0.15, 0.2) is 18.3 Å². The zero-order chi connectivity index (χ0) is 12.6. The summed E-state index contributed by atoms with van der Waals surface area (Å²) in [6, 6.07) is 3.32. The fourth-order valence-corrected chi connectivity index (χ4v) is 1.98. The van der Waals surface area contributed by atoms with Gasteiger partial charge < -0.3 is 5.11 Å². The Balaban J connectivity index is 2.66. The Hall–Kier alpha value is -1.55. The van der Waals surface area contributed by atoms with Crippen molar-refractivity contribution in [3.05, 3.63) is 34.7 Å². The minimum Gasteiger partial charge on any atom is -0.477 e. The van der Waals surface area contributed by atoms with Crippen molar-refractivity contribution in [3.8, 4) is 0 Å². The van der Waals surface area contributed by atoms with E-state index in [1.807, 2.05) is 13.8 Å². The lowest BCUT2D eigenvalue weighted by Gasteiger charge is -2.02. The molecule has 17 heavy (non-hydrogen) atoms. The van der Waals surface area contributed by atoms with Crippen LogP contribution in [0, 0.1) is 5.92 Å². The van der Waals surface area contributed by atoms with E-state index in [-0.39, 0.29) is 5.69 Å². The number of carbonyl (C=O) groups is 1. The third-order valence-electron chi connectivity index (χ3n) is 2.46. The van der Waals surface area contributed by atoms with Crippen LogP contribution in [-0.4, -0.2) is 20.5 Å². The molecule has 5 heteroatoms. The first kappa shape index (κ1) is 11.9. The molecule has 0 aliphatic carbocycles. The lowest BCUT2D eigenvalue weighted by molar-refractivity contribution is 0.0688. The van der Waals surface area contributed by atoms with E-state index in [4.69, 9.17) is 11.6 Å². The lowest BCUT2D eigenvalue weighted by atomic mass is 10.1. The summed E-state index contributed by atoms with van der Waals surface area (Å²) >= 11 is 5.86. The quantitative estimate of drug-likeness (QED) is 0.914. The summed E-state index contributed by atoms with van der Waals surface area (Å²) in [7, 11) is 0. The van der Waals surface area contributed by atoms with E-state index in [2.05, 4.69) is 4.98 Å². The van der Waals surface area contributed by atoms with Crippen molar-refractivity contribution in [2.24, 2.45) is 5.92 Å². The molecule has 0 spiro atoms. The maximum atomic E-state index is 11.3. The molecule has 0 radical (unpaired) electrons. The molecule has 2 rings (SSSR count). The largest absolute Gasteiger partial charge is 0.477 e. The predicted molar refractivity (Wildman–Crippen MR) is 65.7 cm³/mol. The van der Waals surface area contributed by atoms with Gasteiger partial charge in [-0.15, -0.1) is 0 Å². The highest BCUT2D eigenvalue weighted by molar-refractivity contribution is 6.30. The number of halogens is 1. The molecule has 2 aromatic rings. The van der Waals surface area contributed by atoms with Crippen LogP contribution in [0.25, 0.3) is 5.65 Å². The first-order valence-corrected chi connectivity index (χ1v) is 5.76. The van der Waals surface area contributed by atoms with Crippen molar-refractivity contribution in [1.29, 1.82) is 0 Å². The maximum Gasteiger partial charge on any atom is 0.354 e. The third-order valence-corrected chi connectivity index (χ3v) is 2.70. The number of hydrogen-bond acceptors (Lipinski definition) is 2. The van der Waals surface area contributed by atoms with Crippen LogP contribution >= 0.6 is 11.6 Å². The summed E-state index contributed by atoms with van der Waals surface area (Å²) < 4.78 is 1.56. The Labute approximate surface area is 104 Å². The van der Waals surface area contributed by atoms with Crippen LogP contribution in [-0.2, 0) is 6.42 Å². The van der Waals surface area contributed by atoms with Gasteiger partial charge in [0.2, 0.25) is 0 Å². The van der Waals surface area contributed by atoms with Gasteiger partial charge in [-0.3, -0.25) is 4.40 Å². The van der Waals surface area contributed by atoms with E-state index < -0.39 is 5.97 Å². The average Bonchev–Trinajstić information content (AvgIpc) is 2.53. The van der Waals surface area contributed by atoms with Gasteiger partial charge in [-0.1, -0.05) is 25.4 Å². The van der Waals surface area contributed by atoms with Gasteiger partial charge in [0, 0.05) is 17.3 Å². The topological polar surface area (TPSA) is 54.6 Å². The highest BCUT2D eigenvalue weighted by Crippen LogP contribution is 2.19. The summed E-state index contributed by atoms with van der Waals surface area (Å²) in [5.74, 6) is -0.607. The predicted octanol–water partition coefficient (Wildman–Crippen LogP) is 2.88. The lowest BCUT2D eigenvalue weighted by Crippen LogP contribution is -2.07. The molecular formula is C12H13ClN2O2. The molecule has 0 aromatic carbocycles. The minimum atomic E-state index is -0.963. The van der Waals surface area contributed by atoms with Crippen LogP contribution in [0.2, 0.25) is 5.02 Å². The van der Waals surface area contributed by atoms with Crippen molar-refractivity contribution >= 4 is 23.2 Å². The summed E-state index contributed by atoms with van der Waals surface area (Å²) in [5.41, 5.74) is 1.41. The summed E-state index contributed by atoms with van der Waals surface area (Å²) in [4.78, 5) is 15.6. The van der Waals surface area contributed by atoms with Crippen LogP contribution in [0.3, 0.4) is 0 Å². The highest BCUT2D eigenvalue weighted by Gasteiger charge is 2.19. The van der Waals surface area contributed by atoms with Gasteiger partial charge in [-0.05, 0) is 18.4 Å². The Morgan fingerprint density at radius 1 is 1.59 bits per heavy atom. The molecule has 0 saturated heterocycles. The zero-order valence-corrected chi connectivity index (χ0v) is 10.4. The van der Waals surface area contributed by atoms with Gasteiger partial charge >= 0.3 is 5.97 Å². The van der Waals surface area contributed by atoms with Gasteiger partial charge in [0.1, 0.15) is 5.65 Å². The van der Waals surface area contributed by atoms with Gasteiger partial charge in [-0.25, -0.2) is 9.78 Å². The second-order valence-corrected chi connectivity index (χ2v) is 4.82. The number of pyridine rings is 1. The smallest absolute Gasteiger partial charge is 0.354 e. The number of carboxylic acids is 1. The number of rotatable bonds is 3. The Morgan fingerprint density at radius 3 is 2.88 bits per heavy atom. The van der Waals surface area contributed by atoms with Gasteiger partial charge in [0.15, 0.2) is 5.69 Å². The molecule has 0 aliphatic heterocycles. The molecule has 2 aromatic heterocycles. The fourth-order valence-electron chi connectivity index (χ4n) is 1.82. The Kier molecular flexibility index (Phi) is 3.07. The second kappa shape index (κ2) is 4.37. The first-order valence-electron chi connectivity index (χ1n) is 5.39. The van der Waals surface area contributed by atoms with Crippen LogP contribution < -0.4 is 0 Å². The number of carboxylic acid groups (broad SMARTS) is 1. The van der Waals surface area contributed by atoms with Crippen molar-refractivity contribution in [3.63, 3.8) is 0 Å². The number of fused-ring (bicyclic) bond motifs is 1. The average molecular weight is 253 g/mol. The van der Waals surface area contributed by atoms with E-state index >= 15 is 0 Å². The van der Waals surface area contributed by atoms with Crippen molar-refractivity contribution < 1.29 is 9.90 Å². The Morgan fingerprint density at radius 2 is 2.29 bits per heavy atom.